The summed E-state index contributed by atoms with van der Waals surface area (Å²) in [5.41, 5.74) is 1.45. The lowest BCUT2D eigenvalue weighted by Gasteiger charge is -2.35. The molecule has 0 aliphatic carbocycles. The van der Waals surface area contributed by atoms with Crippen LogP contribution in [0.2, 0.25) is 5.02 Å². The second kappa shape index (κ2) is 10.9. The Labute approximate surface area is 239 Å². The van der Waals surface area contributed by atoms with Crippen LogP contribution in [0.1, 0.15) is 29.7 Å². The number of rotatable bonds is 8. The first-order valence-corrected chi connectivity index (χ1v) is 14.5. The van der Waals surface area contributed by atoms with Gasteiger partial charge >= 0.3 is 12.1 Å². The van der Waals surface area contributed by atoms with Crippen molar-refractivity contribution in [3.05, 3.63) is 82.5 Å². The highest BCUT2D eigenvalue weighted by molar-refractivity contribution is 7.92. The number of benzene rings is 3. The molecule has 4 aromatic rings. The summed E-state index contributed by atoms with van der Waals surface area (Å²) < 4.78 is 76.3. The summed E-state index contributed by atoms with van der Waals surface area (Å²) in [4.78, 5) is 10.6. The van der Waals surface area contributed by atoms with E-state index in [1.807, 2.05) is 19.2 Å². The summed E-state index contributed by atoms with van der Waals surface area (Å²) in [6, 6.07) is 14.0. The van der Waals surface area contributed by atoms with Crippen LogP contribution in [-0.2, 0) is 40.9 Å². The first-order valence-electron chi connectivity index (χ1n) is 12.7. The summed E-state index contributed by atoms with van der Waals surface area (Å²) in [6.07, 6.45) is -4.85. The number of nitrogens with zero attached hydrogens (tertiary/aromatic N) is 3. The molecule has 1 atom stereocenters. The minimum absolute atomic E-state index is 0.0125. The van der Waals surface area contributed by atoms with Crippen molar-refractivity contribution in [1.29, 1.82) is 0 Å². The van der Waals surface area contributed by atoms with Crippen LogP contribution in [0.25, 0.3) is 10.9 Å². The van der Waals surface area contributed by atoms with Gasteiger partial charge in [-0.3, -0.25) is 13.8 Å². The first kappa shape index (κ1) is 28.7. The van der Waals surface area contributed by atoms with Gasteiger partial charge in [0.2, 0.25) is 0 Å². The number of alkyl halides is 3. The van der Waals surface area contributed by atoms with Crippen LogP contribution < -0.4 is 9.04 Å². The zero-order valence-electron chi connectivity index (χ0n) is 21.7. The maximum Gasteiger partial charge on any atom is 0.416 e. The van der Waals surface area contributed by atoms with Gasteiger partial charge in [0.1, 0.15) is 11.9 Å². The van der Waals surface area contributed by atoms with E-state index in [4.69, 9.17) is 21.4 Å². The Morgan fingerprint density at radius 3 is 2.61 bits per heavy atom. The molecular formula is C28H25ClF3N3O5S. The molecule has 1 aliphatic rings. The van der Waals surface area contributed by atoms with Gasteiger partial charge in [-0.15, -0.1) is 0 Å². The van der Waals surface area contributed by atoms with E-state index in [2.05, 4.69) is 5.10 Å². The number of carboxylic acids is 1. The average Bonchev–Trinajstić information content (AvgIpc) is 3.26. The highest BCUT2D eigenvalue weighted by atomic mass is 35.5. The molecule has 3 aromatic carbocycles. The molecule has 0 bridgehead atoms. The maximum atomic E-state index is 13.7. The number of hydrogen-bond acceptors (Lipinski definition) is 5. The van der Waals surface area contributed by atoms with Crippen molar-refractivity contribution in [1.82, 2.24) is 9.78 Å². The molecule has 2 heterocycles. The fourth-order valence-corrected chi connectivity index (χ4v) is 6.75. The van der Waals surface area contributed by atoms with Gasteiger partial charge in [-0.1, -0.05) is 29.8 Å². The van der Waals surface area contributed by atoms with Crippen LogP contribution in [0.15, 0.2) is 65.6 Å². The molecule has 0 unspecified atom stereocenters. The summed E-state index contributed by atoms with van der Waals surface area (Å²) in [5.74, 6) is -0.888. The van der Waals surface area contributed by atoms with E-state index >= 15 is 0 Å². The van der Waals surface area contributed by atoms with Crippen LogP contribution in [0.3, 0.4) is 0 Å². The van der Waals surface area contributed by atoms with Gasteiger partial charge in [-0.25, -0.2) is 8.42 Å². The molecule has 41 heavy (non-hydrogen) atoms. The molecule has 0 radical (unpaired) electrons. The SMILES string of the molecule is Cn1nc(CCc2ccc3c(c2)N(S(=O)(=O)c2cccc(C(F)(F)F)c2)C[C@H](CCC(=O)O)O3)c2c(Cl)cccc21. The predicted octanol–water partition coefficient (Wildman–Crippen LogP) is 5.85. The number of aromatic nitrogens is 2. The third-order valence-electron chi connectivity index (χ3n) is 6.93. The highest BCUT2D eigenvalue weighted by Crippen LogP contribution is 2.40. The van der Waals surface area contributed by atoms with Gasteiger partial charge in [0, 0.05) is 18.9 Å². The lowest BCUT2D eigenvalue weighted by atomic mass is 10.0. The number of fused-ring (bicyclic) bond motifs is 2. The van der Waals surface area contributed by atoms with Gasteiger partial charge in [-0.2, -0.15) is 18.3 Å². The molecule has 13 heteroatoms. The van der Waals surface area contributed by atoms with Crippen molar-refractivity contribution in [2.45, 2.75) is 42.9 Å². The smallest absolute Gasteiger partial charge is 0.416 e. The largest absolute Gasteiger partial charge is 0.486 e. The normalized spacial score (nSPS) is 15.5. The Morgan fingerprint density at radius 1 is 1.12 bits per heavy atom. The third kappa shape index (κ3) is 5.84. The molecule has 0 fully saturated rings. The molecule has 0 saturated carbocycles. The molecule has 1 aromatic heterocycles. The number of aryl methyl sites for hydroxylation is 3. The van der Waals surface area contributed by atoms with Crippen LogP contribution in [-0.4, -0.2) is 41.9 Å². The number of hydrogen-bond donors (Lipinski definition) is 1. The van der Waals surface area contributed by atoms with Crippen molar-refractivity contribution in [3.63, 3.8) is 0 Å². The van der Waals surface area contributed by atoms with E-state index in [9.17, 15) is 26.4 Å². The Morgan fingerprint density at radius 2 is 1.88 bits per heavy atom. The molecule has 1 aliphatic heterocycles. The Hall–Kier alpha value is -3.77. The van der Waals surface area contributed by atoms with Crippen LogP contribution in [0.5, 0.6) is 5.75 Å². The Bertz CT molecular complexity index is 1740. The minimum atomic E-state index is -4.73. The number of sulfonamides is 1. The monoisotopic (exact) mass is 607 g/mol. The number of ether oxygens (including phenoxy) is 1. The van der Waals surface area contributed by atoms with E-state index in [0.29, 0.717) is 23.9 Å². The summed E-state index contributed by atoms with van der Waals surface area (Å²) >= 11 is 6.43. The lowest BCUT2D eigenvalue weighted by Crippen LogP contribution is -2.43. The molecule has 0 spiro atoms. The van der Waals surface area contributed by atoms with Crippen LogP contribution in [0, 0.1) is 0 Å². The second-order valence-electron chi connectivity index (χ2n) is 9.74. The quantitative estimate of drug-likeness (QED) is 0.270. The number of carbonyl (C=O) groups is 1. The standard InChI is InChI=1S/C28H25ClF3N3O5S/c1-34-23-7-3-6-21(29)27(23)22(33-34)11-8-17-9-12-25-24(14-17)35(16-19(40-25)10-13-26(36)37)41(38,39)20-5-2-4-18(15-20)28(30,31)32/h2-7,9,12,14-15,19H,8,10-11,13,16H2,1H3,(H,36,37)/t19-/m0/s1. The highest BCUT2D eigenvalue weighted by Gasteiger charge is 2.37. The van der Waals surface area contributed by atoms with E-state index in [1.54, 1.807) is 28.9 Å². The van der Waals surface area contributed by atoms with Gasteiger partial charge < -0.3 is 9.84 Å². The zero-order chi connectivity index (χ0) is 29.5. The molecule has 1 N–H and O–H groups in total. The molecule has 0 saturated heterocycles. The van der Waals surface area contributed by atoms with Gasteiger partial charge in [-0.05, 0) is 67.3 Å². The molecule has 5 rings (SSSR count). The summed E-state index contributed by atoms with van der Waals surface area (Å²) in [7, 11) is -2.66. The summed E-state index contributed by atoms with van der Waals surface area (Å²) in [6.45, 7) is -0.261. The lowest BCUT2D eigenvalue weighted by molar-refractivity contribution is -0.138. The van der Waals surface area contributed by atoms with E-state index in [-0.39, 0.29) is 30.8 Å². The Balaban J connectivity index is 1.50. The van der Waals surface area contributed by atoms with Crippen LogP contribution >= 0.6 is 11.6 Å². The van der Waals surface area contributed by atoms with Gasteiger partial charge in [0.15, 0.2) is 0 Å². The fraction of sp³-hybridized carbons (Fsp3) is 0.286. The summed E-state index contributed by atoms with van der Waals surface area (Å²) in [5, 5.41) is 15.1. The molecule has 216 valence electrons. The topological polar surface area (TPSA) is 102 Å². The van der Waals surface area contributed by atoms with E-state index in [0.717, 1.165) is 44.7 Å². The minimum Gasteiger partial charge on any atom is -0.486 e. The average molecular weight is 608 g/mol. The van der Waals surface area contributed by atoms with Crippen molar-refractivity contribution in [2.75, 3.05) is 10.8 Å². The van der Waals surface area contributed by atoms with Crippen molar-refractivity contribution < 1.29 is 36.2 Å². The number of anilines is 1. The molecule has 8 nitrogen and oxygen atoms in total. The van der Waals surface area contributed by atoms with Crippen LogP contribution in [0.4, 0.5) is 18.9 Å². The number of aliphatic carboxylic acids is 1. The number of carboxylic acid groups (broad SMARTS) is 1. The van der Waals surface area contributed by atoms with E-state index < -0.39 is 38.7 Å². The fourth-order valence-electron chi connectivity index (χ4n) is 4.93. The van der Waals surface area contributed by atoms with Crippen molar-refractivity contribution in [2.24, 2.45) is 7.05 Å². The van der Waals surface area contributed by atoms with Gasteiger partial charge in [0.05, 0.1) is 38.9 Å². The zero-order valence-corrected chi connectivity index (χ0v) is 23.3. The Kier molecular flexibility index (Phi) is 7.64. The maximum absolute atomic E-state index is 13.7. The van der Waals surface area contributed by atoms with E-state index in [1.165, 1.54) is 0 Å². The molecular weight excluding hydrogens is 583 g/mol. The van der Waals surface area contributed by atoms with Crippen molar-refractivity contribution >= 4 is 44.2 Å². The van der Waals surface area contributed by atoms with Crippen molar-refractivity contribution in [3.8, 4) is 5.75 Å². The third-order valence-corrected chi connectivity index (χ3v) is 9.03. The second-order valence-corrected chi connectivity index (χ2v) is 12.0. The number of halogens is 4. The first-order chi connectivity index (χ1) is 19.3. The van der Waals surface area contributed by atoms with Gasteiger partial charge in [0.25, 0.3) is 10.0 Å². The predicted molar refractivity (Wildman–Crippen MR) is 147 cm³/mol. The molecule has 0 amide bonds.